The van der Waals surface area contributed by atoms with Gasteiger partial charge in [-0.1, -0.05) is 35.9 Å². The first-order valence-corrected chi connectivity index (χ1v) is 10.4. The topological polar surface area (TPSA) is 60.8 Å². The molecule has 0 unspecified atom stereocenters. The van der Waals surface area contributed by atoms with Crippen LogP contribution in [0.3, 0.4) is 0 Å². The van der Waals surface area contributed by atoms with Crippen LogP contribution in [0.5, 0.6) is 0 Å². The molecule has 2 aromatic heterocycles. The maximum Gasteiger partial charge on any atom is 0.258 e. The molecule has 7 heteroatoms. The van der Waals surface area contributed by atoms with Gasteiger partial charge in [-0.15, -0.1) is 0 Å². The number of hydrogen-bond donors (Lipinski definition) is 1. The zero-order valence-corrected chi connectivity index (χ0v) is 17.1. The average molecular weight is 421 g/mol. The first-order valence-electron chi connectivity index (χ1n) is 9.98. The lowest BCUT2D eigenvalue weighted by atomic mass is 10.2. The minimum absolute atomic E-state index is 0.00484. The second-order valence-corrected chi connectivity index (χ2v) is 8.09. The summed E-state index contributed by atoms with van der Waals surface area (Å²) < 4.78 is 1.88. The van der Waals surface area contributed by atoms with E-state index in [1.165, 1.54) is 5.56 Å². The number of H-pyrrole nitrogens is 1. The van der Waals surface area contributed by atoms with Crippen molar-refractivity contribution in [2.24, 2.45) is 0 Å². The number of amides is 1. The van der Waals surface area contributed by atoms with Gasteiger partial charge in [0.25, 0.3) is 11.5 Å². The van der Waals surface area contributed by atoms with E-state index in [1.807, 2.05) is 58.0 Å². The van der Waals surface area contributed by atoms with Crippen LogP contribution in [0.1, 0.15) is 15.9 Å². The number of aromatic amines is 1. The van der Waals surface area contributed by atoms with Crippen molar-refractivity contribution in [2.75, 3.05) is 26.2 Å². The fourth-order valence-corrected chi connectivity index (χ4v) is 4.20. The molecule has 5 rings (SSSR count). The highest BCUT2D eigenvalue weighted by atomic mass is 35.5. The molecule has 0 radical (unpaired) electrons. The fourth-order valence-electron chi connectivity index (χ4n) is 4.07. The Bertz CT molecular complexity index is 1280. The number of fused-ring (bicyclic) bond motifs is 3. The van der Waals surface area contributed by atoms with Crippen molar-refractivity contribution in [3.8, 4) is 0 Å². The molecule has 1 amide bonds. The van der Waals surface area contributed by atoms with Crippen molar-refractivity contribution in [3.63, 3.8) is 0 Å². The SMILES string of the molecule is O=C(c1cc2[nH]c(=O)c3ccccc3n2c1)N1CCN(Cc2ccc(Cl)cc2)CC1. The Kier molecular flexibility index (Phi) is 4.81. The second kappa shape index (κ2) is 7.63. The summed E-state index contributed by atoms with van der Waals surface area (Å²) in [5.74, 6) is -0.00484. The molecule has 4 aromatic rings. The monoisotopic (exact) mass is 420 g/mol. The highest BCUT2D eigenvalue weighted by Gasteiger charge is 2.23. The number of benzene rings is 2. The number of hydrogen-bond acceptors (Lipinski definition) is 3. The molecule has 1 aliphatic heterocycles. The van der Waals surface area contributed by atoms with Crippen molar-refractivity contribution in [2.45, 2.75) is 6.54 Å². The number of carbonyl (C=O) groups excluding carboxylic acids is 1. The van der Waals surface area contributed by atoms with Crippen molar-refractivity contribution < 1.29 is 4.79 Å². The molecule has 1 saturated heterocycles. The summed E-state index contributed by atoms with van der Waals surface area (Å²) in [5, 5.41) is 1.35. The zero-order chi connectivity index (χ0) is 20.7. The van der Waals surface area contributed by atoms with Crippen LogP contribution in [0, 0.1) is 0 Å². The molecule has 1 fully saturated rings. The molecule has 6 nitrogen and oxygen atoms in total. The molecule has 0 aliphatic carbocycles. The van der Waals surface area contributed by atoms with Crippen molar-refractivity contribution >= 4 is 34.1 Å². The Balaban J connectivity index is 1.32. The van der Waals surface area contributed by atoms with Crippen LogP contribution in [-0.2, 0) is 6.54 Å². The van der Waals surface area contributed by atoms with Crippen LogP contribution in [0.2, 0.25) is 5.02 Å². The summed E-state index contributed by atoms with van der Waals surface area (Å²) in [6.45, 7) is 3.84. The summed E-state index contributed by atoms with van der Waals surface area (Å²) >= 11 is 5.96. The van der Waals surface area contributed by atoms with E-state index in [0.29, 0.717) is 29.7 Å². The van der Waals surface area contributed by atoms with Gasteiger partial charge in [-0.2, -0.15) is 0 Å². The molecule has 0 saturated carbocycles. The summed E-state index contributed by atoms with van der Waals surface area (Å²) in [6.07, 6.45) is 1.82. The molecular weight excluding hydrogens is 400 g/mol. The lowest BCUT2D eigenvalue weighted by molar-refractivity contribution is 0.0628. The molecule has 30 heavy (non-hydrogen) atoms. The smallest absolute Gasteiger partial charge is 0.258 e. The fraction of sp³-hybridized carbons (Fsp3) is 0.217. The summed E-state index contributed by atoms with van der Waals surface area (Å²) in [5.41, 5.74) is 3.08. The molecule has 3 heterocycles. The molecule has 0 atom stereocenters. The van der Waals surface area contributed by atoms with E-state index < -0.39 is 0 Å². The standard InChI is InChI=1S/C23H21ClN4O2/c24-18-7-5-16(6-8-18)14-26-9-11-27(12-10-26)23(30)17-13-21-25-22(29)19-3-1-2-4-20(19)28(21)15-17/h1-8,13,15H,9-12,14H2,(H,25,29). The number of para-hydroxylation sites is 1. The van der Waals surface area contributed by atoms with E-state index in [1.54, 1.807) is 12.1 Å². The predicted molar refractivity (Wildman–Crippen MR) is 118 cm³/mol. The molecule has 1 N–H and O–H groups in total. The molecular formula is C23H21ClN4O2. The third kappa shape index (κ3) is 3.49. The van der Waals surface area contributed by atoms with Gasteiger partial charge in [0.15, 0.2) is 0 Å². The quantitative estimate of drug-likeness (QED) is 0.552. The number of nitrogens with one attached hydrogen (secondary N) is 1. The van der Waals surface area contributed by atoms with Crippen LogP contribution in [0.15, 0.2) is 65.6 Å². The van der Waals surface area contributed by atoms with Crippen LogP contribution in [-0.4, -0.2) is 51.3 Å². The Morgan fingerprint density at radius 2 is 1.73 bits per heavy atom. The third-order valence-corrected chi connectivity index (χ3v) is 5.95. The number of aromatic nitrogens is 2. The minimum Gasteiger partial charge on any atom is -0.336 e. The Hall–Kier alpha value is -3.09. The lowest BCUT2D eigenvalue weighted by Crippen LogP contribution is -2.48. The number of rotatable bonds is 3. The maximum atomic E-state index is 13.1. The molecule has 0 bridgehead atoms. The highest BCUT2D eigenvalue weighted by Crippen LogP contribution is 2.18. The second-order valence-electron chi connectivity index (χ2n) is 7.65. The number of piperazine rings is 1. The van der Waals surface area contributed by atoms with Crippen molar-refractivity contribution in [3.05, 3.63) is 87.3 Å². The van der Waals surface area contributed by atoms with Crippen LogP contribution in [0.25, 0.3) is 16.6 Å². The molecule has 0 spiro atoms. The van der Waals surface area contributed by atoms with Crippen LogP contribution < -0.4 is 5.56 Å². The van der Waals surface area contributed by atoms with E-state index in [2.05, 4.69) is 9.88 Å². The maximum absolute atomic E-state index is 13.1. The van der Waals surface area contributed by atoms with Crippen molar-refractivity contribution in [1.82, 2.24) is 19.2 Å². The predicted octanol–water partition coefficient (Wildman–Crippen LogP) is 3.39. The molecule has 1 aliphatic rings. The van der Waals surface area contributed by atoms with Crippen molar-refractivity contribution in [1.29, 1.82) is 0 Å². The van der Waals surface area contributed by atoms with Gasteiger partial charge in [-0.25, -0.2) is 0 Å². The van der Waals surface area contributed by atoms with E-state index in [0.717, 1.165) is 30.2 Å². The van der Waals surface area contributed by atoms with E-state index in [4.69, 9.17) is 11.6 Å². The van der Waals surface area contributed by atoms with E-state index in [-0.39, 0.29) is 11.5 Å². The highest BCUT2D eigenvalue weighted by molar-refractivity contribution is 6.30. The first-order chi connectivity index (χ1) is 14.6. The molecule has 152 valence electrons. The zero-order valence-electron chi connectivity index (χ0n) is 16.3. The number of halogens is 1. The first kappa shape index (κ1) is 18.9. The molecule has 2 aromatic carbocycles. The van der Waals surface area contributed by atoms with Gasteiger partial charge in [-0.3, -0.25) is 14.5 Å². The van der Waals surface area contributed by atoms with Crippen LogP contribution in [0.4, 0.5) is 0 Å². The van der Waals surface area contributed by atoms with Gasteiger partial charge in [0.05, 0.1) is 16.5 Å². The van der Waals surface area contributed by atoms with E-state index in [9.17, 15) is 9.59 Å². The average Bonchev–Trinajstić information content (AvgIpc) is 3.20. The van der Waals surface area contributed by atoms with Gasteiger partial charge in [0.2, 0.25) is 0 Å². The van der Waals surface area contributed by atoms with E-state index >= 15 is 0 Å². The Morgan fingerprint density at radius 1 is 1.00 bits per heavy atom. The lowest BCUT2D eigenvalue weighted by Gasteiger charge is -2.34. The van der Waals surface area contributed by atoms with Crippen LogP contribution >= 0.6 is 11.6 Å². The van der Waals surface area contributed by atoms with Gasteiger partial charge in [-0.05, 0) is 35.9 Å². The summed E-state index contributed by atoms with van der Waals surface area (Å²) in [7, 11) is 0. The number of carbonyl (C=O) groups is 1. The normalized spacial score (nSPS) is 15.2. The van der Waals surface area contributed by atoms with Gasteiger partial charge in [0, 0.05) is 43.9 Å². The van der Waals surface area contributed by atoms with Gasteiger partial charge >= 0.3 is 0 Å². The number of nitrogens with zero attached hydrogens (tertiary/aromatic N) is 3. The Labute approximate surface area is 178 Å². The Morgan fingerprint density at radius 3 is 2.50 bits per heavy atom. The third-order valence-electron chi connectivity index (χ3n) is 5.70. The van der Waals surface area contributed by atoms with Gasteiger partial charge < -0.3 is 14.3 Å². The minimum atomic E-state index is -0.147. The van der Waals surface area contributed by atoms with Gasteiger partial charge in [0.1, 0.15) is 5.65 Å². The largest absolute Gasteiger partial charge is 0.336 e. The summed E-state index contributed by atoms with van der Waals surface area (Å²) in [4.78, 5) is 32.5. The summed E-state index contributed by atoms with van der Waals surface area (Å²) in [6, 6.07) is 17.1.